The van der Waals surface area contributed by atoms with Crippen LogP contribution in [0.2, 0.25) is 0 Å². The van der Waals surface area contributed by atoms with Gasteiger partial charge in [0.05, 0.1) is 19.3 Å². The van der Waals surface area contributed by atoms with E-state index in [2.05, 4.69) is 0 Å². The second-order valence-corrected chi connectivity index (χ2v) is 4.97. The van der Waals surface area contributed by atoms with Crippen molar-refractivity contribution in [1.29, 1.82) is 0 Å². The summed E-state index contributed by atoms with van der Waals surface area (Å²) >= 11 is 0. The first-order chi connectivity index (χ1) is 9.67. The van der Waals surface area contributed by atoms with Crippen molar-refractivity contribution in [2.45, 2.75) is 37.6 Å². The van der Waals surface area contributed by atoms with Crippen LogP contribution in [0.3, 0.4) is 0 Å². The number of benzene rings is 1. The second kappa shape index (κ2) is 5.73. The Morgan fingerprint density at radius 3 is 2.90 bits per heavy atom. The normalized spacial score (nSPS) is 32.5. The maximum atomic E-state index is 13.5. The van der Waals surface area contributed by atoms with Gasteiger partial charge in [0.25, 0.3) is 0 Å². The van der Waals surface area contributed by atoms with Crippen molar-refractivity contribution in [2.75, 3.05) is 13.7 Å². The summed E-state index contributed by atoms with van der Waals surface area (Å²) in [6.45, 7) is 0.523. The molecule has 1 aromatic rings. The lowest BCUT2D eigenvalue weighted by atomic mass is 10.0. The first kappa shape index (κ1) is 13.9. The zero-order valence-corrected chi connectivity index (χ0v) is 11.1. The molecule has 0 radical (unpaired) electrons. The molecule has 110 valence electrons. The summed E-state index contributed by atoms with van der Waals surface area (Å²) in [5, 5.41) is 0. The molecule has 3 rings (SSSR count). The van der Waals surface area contributed by atoms with E-state index < -0.39 is 17.9 Å². The molecule has 2 aliphatic rings. The summed E-state index contributed by atoms with van der Waals surface area (Å²) < 4.78 is 48.4. The van der Waals surface area contributed by atoms with Crippen LogP contribution in [-0.2, 0) is 25.6 Å². The Balaban J connectivity index is 1.63. The minimum Gasteiger partial charge on any atom is -0.379 e. The van der Waals surface area contributed by atoms with Crippen LogP contribution in [0.1, 0.15) is 12.0 Å². The number of hydrogen-bond donors (Lipinski definition) is 0. The van der Waals surface area contributed by atoms with Gasteiger partial charge in [0.15, 0.2) is 6.29 Å². The number of rotatable bonds is 4. The minimum atomic E-state index is -0.616. The van der Waals surface area contributed by atoms with E-state index in [1.807, 2.05) is 0 Å². The van der Waals surface area contributed by atoms with E-state index in [0.717, 1.165) is 6.07 Å². The number of halogens is 2. The summed E-state index contributed by atoms with van der Waals surface area (Å²) in [5.74, 6) is -1.22. The van der Waals surface area contributed by atoms with E-state index in [1.54, 1.807) is 7.11 Å². The summed E-state index contributed by atoms with van der Waals surface area (Å²) in [4.78, 5) is 0. The van der Waals surface area contributed by atoms with Gasteiger partial charge in [-0.05, 0) is 6.07 Å². The van der Waals surface area contributed by atoms with Crippen LogP contribution in [0.25, 0.3) is 0 Å². The molecule has 0 aromatic heterocycles. The summed E-state index contributed by atoms with van der Waals surface area (Å²) in [5.41, 5.74) is 0.306. The third kappa shape index (κ3) is 2.69. The van der Waals surface area contributed by atoms with E-state index in [9.17, 15) is 8.78 Å². The Morgan fingerprint density at radius 2 is 2.15 bits per heavy atom. The molecule has 0 spiro atoms. The first-order valence-electron chi connectivity index (χ1n) is 6.53. The fourth-order valence-electron chi connectivity index (χ4n) is 2.55. The molecule has 4 unspecified atom stereocenters. The molecule has 20 heavy (non-hydrogen) atoms. The van der Waals surface area contributed by atoms with Gasteiger partial charge < -0.3 is 18.9 Å². The van der Waals surface area contributed by atoms with Crippen LogP contribution in [-0.4, -0.2) is 38.3 Å². The maximum Gasteiger partial charge on any atom is 0.184 e. The van der Waals surface area contributed by atoms with Gasteiger partial charge in [-0.1, -0.05) is 6.07 Å². The number of fused-ring (bicyclic) bond motifs is 2. The van der Waals surface area contributed by atoms with Gasteiger partial charge in [-0.25, -0.2) is 8.78 Å². The first-order valence-corrected chi connectivity index (χ1v) is 6.53. The van der Waals surface area contributed by atoms with Gasteiger partial charge in [0, 0.05) is 25.2 Å². The van der Waals surface area contributed by atoms with Crippen LogP contribution in [0.15, 0.2) is 18.2 Å². The zero-order valence-electron chi connectivity index (χ0n) is 11.1. The van der Waals surface area contributed by atoms with Crippen molar-refractivity contribution in [3.05, 3.63) is 35.4 Å². The van der Waals surface area contributed by atoms with E-state index in [0.29, 0.717) is 18.6 Å². The molecule has 4 nitrogen and oxygen atoms in total. The SMILES string of the molecule is COC1CC(OCc2ccc(F)cc2F)C2OCC1O2. The van der Waals surface area contributed by atoms with Gasteiger partial charge in [-0.3, -0.25) is 0 Å². The van der Waals surface area contributed by atoms with Crippen molar-refractivity contribution in [1.82, 2.24) is 0 Å². The van der Waals surface area contributed by atoms with E-state index in [1.165, 1.54) is 12.1 Å². The Bertz CT molecular complexity index is 482. The number of methoxy groups -OCH3 is 1. The molecule has 2 saturated heterocycles. The molecular weight excluding hydrogens is 270 g/mol. The van der Waals surface area contributed by atoms with Crippen LogP contribution >= 0.6 is 0 Å². The molecule has 4 atom stereocenters. The third-order valence-electron chi connectivity index (χ3n) is 3.69. The van der Waals surface area contributed by atoms with E-state index in [-0.39, 0.29) is 24.9 Å². The number of ether oxygens (including phenoxy) is 4. The summed E-state index contributed by atoms with van der Waals surface area (Å²) in [6, 6.07) is 3.43. The lowest BCUT2D eigenvalue weighted by Crippen LogP contribution is -2.44. The van der Waals surface area contributed by atoms with E-state index in [4.69, 9.17) is 18.9 Å². The fraction of sp³-hybridized carbons (Fsp3) is 0.571. The smallest absolute Gasteiger partial charge is 0.184 e. The van der Waals surface area contributed by atoms with Crippen molar-refractivity contribution in [3.63, 3.8) is 0 Å². The van der Waals surface area contributed by atoms with Crippen LogP contribution in [0.4, 0.5) is 8.78 Å². The van der Waals surface area contributed by atoms with Gasteiger partial charge in [0.1, 0.15) is 23.8 Å². The molecule has 0 amide bonds. The van der Waals surface area contributed by atoms with Crippen LogP contribution in [0, 0.1) is 11.6 Å². The molecule has 6 heteroatoms. The molecule has 2 heterocycles. The van der Waals surface area contributed by atoms with Crippen LogP contribution < -0.4 is 0 Å². The van der Waals surface area contributed by atoms with Gasteiger partial charge in [-0.2, -0.15) is 0 Å². The fourth-order valence-corrected chi connectivity index (χ4v) is 2.55. The molecule has 2 aliphatic heterocycles. The van der Waals surface area contributed by atoms with Crippen molar-refractivity contribution in [2.24, 2.45) is 0 Å². The Kier molecular flexibility index (Phi) is 3.98. The highest BCUT2D eigenvalue weighted by Gasteiger charge is 2.44. The maximum absolute atomic E-state index is 13.5. The monoisotopic (exact) mass is 286 g/mol. The predicted molar refractivity (Wildman–Crippen MR) is 65.0 cm³/mol. The molecule has 0 saturated carbocycles. The molecule has 2 fully saturated rings. The van der Waals surface area contributed by atoms with Crippen LogP contribution in [0.5, 0.6) is 0 Å². The average Bonchev–Trinajstić information content (AvgIpc) is 2.85. The Labute approximate surface area is 115 Å². The molecule has 1 aromatic carbocycles. The third-order valence-corrected chi connectivity index (χ3v) is 3.69. The van der Waals surface area contributed by atoms with Crippen molar-refractivity contribution < 1.29 is 27.7 Å². The Morgan fingerprint density at radius 1 is 1.30 bits per heavy atom. The molecular formula is C14H16F2O4. The topological polar surface area (TPSA) is 36.9 Å². The highest BCUT2D eigenvalue weighted by Crippen LogP contribution is 2.31. The minimum absolute atomic E-state index is 0.0428. The van der Waals surface area contributed by atoms with Gasteiger partial charge >= 0.3 is 0 Å². The summed E-state index contributed by atoms with van der Waals surface area (Å²) in [7, 11) is 1.61. The lowest BCUT2D eigenvalue weighted by Gasteiger charge is -2.32. The van der Waals surface area contributed by atoms with Gasteiger partial charge in [0.2, 0.25) is 0 Å². The van der Waals surface area contributed by atoms with Gasteiger partial charge in [-0.15, -0.1) is 0 Å². The highest BCUT2D eigenvalue weighted by atomic mass is 19.1. The largest absolute Gasteiger partial charge is 0.379 e. The quantitative estimate of drug-likeness (QED) is 0.848. The average molecular weight is 286 g/mol. The molecule has 2 bridgehead atoms. The van der Waals surface area contributed by atoms with Crippen molar-refractivity contribution >= 4 is 0 Å². The molecule has 0 N–H and O–H groups in total. The zero-order chi connectivity index (χ0) is 14.1. The Hall–Kier alpha value is -1.08. The van der Waals surface area contributed by atoms with Crippen molar-refractivity contribution in [3.8, 4) is 0 Å². The lowest BCUT2D eigenvalue weighted by molar-refractivity contribution is -0.205. The standard InChI is InChI=1S/C14H16F2O4/c1-17-11-5-12(14-19-7-13(11)20-14)18-6-8-2-3-9(15)4-10(8)16/h2-4,11-14H,5-7H2,1H3. The number of hydrogen-bond acceptors (Lipinski definition) is 4. The van der Waals surface area contributed by atoms with E-state index >= 15 is 0 Å². The molecule has 0 aliphatic carbocycles. The summed E-state index contributed by atoms with van der Waals surface area (Å²) in [6.07, 6.45) is -0.267. The highest BCUT2D eigenvalue weighted by molar-refractivity contribution is 5.17. The predicted octanol–water partition coefficient (Wildman–Crippen LogP) is 2.01. The second-order valence-electron chi connectivity index (χ2n) is 4.97.